The summed E-state index contributed by atoms with van der Waals surface area (Å²) in [6.45, 7) is 4.44. The molecule has 3 rings (SSSR count). The molecule has 8 nitrogen and oxygen atoms in total. The van der Waals surface area contributed by atoms with Crippen LogP contribution in [0.15, 0.2) is 42.5 Å². The van der Waals surface area contributed by atoms with E-state index in [0.29, 0.717) is 16.3 Å². The molecule has 0 aromatic heterocycles. The standard InChI is InChI=1S/C22H23ClN4O4.C2H6/c1-24-20(29)19(9-4-10-28)27-13-18-14(5-2-8-17(18)21(27)30)12-25-22(31)26-16-7-3-6-15(23)11-16;1-2/h2-3,5-8,10-11,19H,4,9,12-13H2,1H3,(H,24,29)(H2,25,26,31);1-2H3. The van der Waals surface area contributed by atoms with E-state index in [9.17, 15) is 19.2 Å². The summed E-state index contributed by atoms with van der Waals surface area (Å²) in [6, 6.07) is 10.9. The van der Waals surface area contributed by atoms with Crippen LogP contribution < -0.4 is 16.0 Å². The quantitative estimate of drug-likeness (QED) is 0.508. The van der Waals surface area contributed by atoms with Gasteiger partial charge in [-0.05, 0) is 41.8 Å². The van der Waals surface area contributed by atoms with Crippen molar-refractivity contribution in [3.05, 3.63) is 64.2 Å². The predicted molar refractivity (Wildman–Crippen MR) is 128 cm³/mol. The lowest BCUT2D eigenvalue weighted by molar-refractivity contribution is -0.125. The van der Waals surface area contributed by atoms with Gasteiger partial charge >= 0.3 is 6.03 Å². The molecule has 0 aliphatic carbocycles. The van der Waals surface area contributed by atoms with Crippen molar-refractivity contribution in [2.24, 2.45) is 0 Å². The average Bonchev–Trinajstić information content (AvgIpc) is 3.16. The Balaban J connectivity index is 0.00000187. The number of hydrogen-bond donors (Lipinski definition) is 3. The van der Waals surface area contributed by atoms with E-state index in [1.54, 1.807) is 36.4 Å². The summed E-state index contributed by atoms with van der Waals surface area (Å²) in [5.74, 6) is -0.580. The van der Waals surface area contributed by atoms with Crippen molar-refractivity contribution in [3.63, 3.8) is 0 Å². The molecule has 2 aromatic rings. The lowest BCUT2D eigenvalue weighted by Gasteiger charge is -2.25. The number of amides is 4. The normalized spacial score (nSPS) is 12.7. The highest BCUT2D eigenvalue weighted by Crippen LogP contribution is 2.29. The molecule has 1 aliphatic heterocycles. The third-order valence-electron chi connectivity index (χ3n) is 5.10. The smallest absolute Gasteiger partial charge is 0.319 e. The monoisotopic (exact) mass is 472 g/mol. The topological polar surface area (TPSA) is 108 Å². The van der Waals surface area contributed by atoms with E-state index in [1.165, 1.54) is 11.9 Å². The molecule has 4 amide bonds. The zero-order valence-corrected chi connectivity index (χ0v) is 19.7. The van der Waals surface area contributed by atoms with E-state index in [2.05, 4.69) is 16.0 Å². The Bertz CT molecular complexity index is 1010. The molecule has 0 spiro atoms. The molecule has 0 radical (unpaired) electrons. The fourth-order valence-electron chi connectivity index (χ4n) is 3.57. The van der Waals surface area contributed by atoms with Crippen LogP contribution in [0.1, 0.15) is 48.2 Å². The molecule has 176 valence electrons. The van der Waals surface area contributed by atoms with Crippen molar-refractivity contribution in [2.45, 2.75) is 45.8 Å². The summed E-state index contributed by atoms with van der Waals surface area (Å²) >= 11 is 5.93. The van der Waals surface area contributed by atoms with Crippen molar-refractivity contribution >= 4 is 41.4 Å². The summed E-state index contributed by atoms with van der Waals surface area (Å²) in [5.41, 5.74) is 2.60. The molecule has 0 saturated heterocycles. The second-order valence-electron chi connectivity index (χ2n) is 7.07. The first-order chi connectivity index (χ1) is 15.9. The Morgan fingerprint density at radius 3 is 2.58 bits per heavy atom. The summed E-state index contributed by atoms with van der Waals surface area (Å²) in [4.78, 5) is 49.8. The van der Waals surface area contributed by atoms with Gasteiger partial charge in [-0.3, -0.25) is 9.59 Å². The van der Waals surface area contributed by atoms with Crippen LogP contribution in [0.3, 0.4) is 0 Å². The molecule has 1 aliphatic rings. The van der Waals surface area contributed by atoms with Gasteiger partial charge in [-0.1, -0.05) is 43.6 Å². The van der Waals surface area contributed by atoms with Crippen molar-refractivity contribution in [3.8, 4) is 0 Å². The fourth-order valence-corrected chi connectivity index (χ4v) is 3.76. The van der Waals surface area contributed by atoms with Gasteiger partial charge < -0.3 is 25.6 Å². The Labute approximate surface area is 198 Å². The third kappa shape index (κ3) is 6.55. The highest BCUT2D eigenvalue weighted by Gasteiger charge is 2.36. The Morgan fingerprint density at radius 1 is 1.18 bits per heavy atom. The van der Waals surface area contributed by atoms with Crippen LogP contribution in [0.4, 0.5) is 10.5 Å². The summed E-state index contributed by atoms with van der Waals surface area (Å²) < 4.78 is 0. The van der Waals surface area contributed by atoms with Crippen molar-refractivity contribution in [2.75, 3.05) is 12.4 Å². The van der Waals surface area contributed by atoms with Crippen LogP contribution in [-0.2, 0) is 22.7 Å². The molecule has 33 heavy (non-hydrogen) atoms. The second kappa shape index (κ2) is 12.6. The number of likely N-dealkylation sites (N-methyl/N-ethyl adjacent to an activating group) is 1. The zero-order valence-electron chi connectivity index (χ0n) is 19.0. The van der Waals surface area contributed by atoms with E-state index in [-0.39, 0.29) is 37.7 Å². The van der Waals surface area contributed by atoms with Gasteiger partial charge in [0.2, 0.25) is 5.91 Å². The number of anilines is 1. The van der Waals surface area contributed by atoms with E-state index >= 15 is 0 Å². The number of rotatable bonds is 8. The highest BCUT2D eigenvalue weighted by atomic mass is 35.5. The molecular formula is C24H29ClN4O4. The number of carbonyl (C=O) groups is 4. The number of urea groups is 1. The summed E-state index contributed by atoms with van der Waals surface area (Å²) in [6.07, 6.45) is 1.16. The molecule has 0 fully saturated rings. The average molecular weight is 473 g/mol. The maximum absolute atomic E-state index is 12.9. The van der Waals surface area contributed by atoms with E-state index < -0.39 is 12.1 Å². The molecule has 0 bridgehead atoms. The van der Waals surface area contributed by atoms with Gasteiger partial charge in [-0.15, -0.1) is 0 Å². The number of aldehydes is 1. The van der Waals surface area contributed by atoms with Gasteiger partial charge in [0.25, 0.3) is 5.91 Å². The van der Waals surface area contributed by atoms with Gasteiger partial charge in [0.05, 0.1) is 0 Å². The minimum absolute atomic E-state index is 0.177. The lowest BCUT2D eigenvalue weighted by Crippen LogP contribution is -2.46. The Morgan fingerprint density at radius 2 is 1.91 bits per heavy atom. The number of fused-ring (bicyclic) bond motifs is 1. The molecule has 0 saturated carbocycles. The molecular weight excluding hydrogens is 444 g/mol. The SMILES string of the molecule is CC.CNC(=O)C(CCC=O)N1Cc2c(CNC(=O)Nc3cccc(Cl)c3)cccc2C1=O. The van der Waals surface area contributed by atoms with Crippen molar-refractivity contribution < 1.29 is 19.2 Å². The lowest BCUT2D eigenvalue weighted by atomic mass is 10.0. The van der Waals surface area contributed by atoms with Crippen molar-refractivity contribution in [1.82, 2.24) is 15.5 Å². The van der Waals surface area contributed by atoms with Gasteiger partial charge in [0, 0.05) is 42.8 Å². The van der Waals surface area contributed by atoms with Crippen LogP contribution >= 0.6 is 11.6 Å². The van der Waals surface area contributed by atoms with E-state index in [4.69, 9.17) is 11.6 Å². The molecule has 1 heterocycles. The van der Waals surface area contributed by atoms with Crippen LogP contribution in [0.5, 0.6) is 0 Å². The van der Waals surface area contributed by atoms with Crippen molar-refractivity contribution in [1.29, 1.82) is 0 Å². The number of hydrogen-bond acceptors (Lipinski definition) is 4. The van der Waals surface area contributed by atoms with Gasteiger partial charge in [-0.2, -0.15) is 0 Å². The molecule has 1 unspecified atom stereocenters. The molecule has 1 atom stereocenters. The zero-order chi connectivity index (χ0) is 24.4. The number of halogens is 1. The molecule has 9 heteroatoms. The summed E-state index contributed by atoms with van der Waals surface area (Å²) in [5, 5.41) is 8.55. The van der Waals surface area contributed by atoms with Gasteiger partial charge in [0.1, 0.15) is 12.3 Å². The number of benzene rings is 2. The minimum atomic E-state index is -0.734. The van der Waals surface area contributed by atoms with Crippen LogP contribution in [0.25, 0.3) is 0 Å². The second-order valence-corrected chi connectivity index (χ2v) is 7.50. The van der Waals surface area contributed by atoms with Crippen LogP contribution in [-0.4, -0.2) is 42.1 Å². The Hall–Kier alpha value is -3.39. The van der Waals surface area contributed by atoms with Crippen LogP contribution in [0.2, 0.25) is 5.02 Å². The Kier molecular flexibility index (Phi) is 9.87. The molecule has 2 aromatic carbocycles. The first-order valence-electron chi connectivity index (χ1n) is 10.8. The maximum Gasteiger partial charge on any atom is 0.319 e. The number of nitrogens with one attached hydrogen (secondary N) is 3. The van der Waals surface area contributed by atoms with Gasteiger partial charge in [0.15, 0.2) is 0 Å². The van der Waals surface area contributed by atoms with Crippen LogP contribution in [0, 0.1) is 0 Å². The summed E-state index contributed by atoms with van der Waals surface area (Å²) in [7, 11) is 1.50. The highest BCUT2D eigenvalue weighted by molar-refractivity contribution is 6.30. The van der Waals surface area contributed by atoms with E-state index in [1.807, 2.05) is 19.9 Å². The first kappa shape index (κ1) is 25.9. The maximum atomic E-state index is 12.9. The molecule has 3 N–H and O–H groups in total. The fraction of sp³-hybridized carbons (Fsp3) is 0.333. The number of carbonyl (C=O) groups excluding carboxylic acids is 4. The largest absolute Gasteiger partial charge is 0.357 e. The number of nitrogens with zero attached hydrogens (tertiary/aromatic N) is 1. The van der Waals surface area contributed by atoms with E-state index in [0.717, 1.165) is 17.4 Å². The third-order valence-corrected chi connectivity index (χ3v) is 5.33. The minimum Gasteiger partial charge on any atom is -0.357 e. The predicted octanol–water partition coefficient (Wildman–Crippen LogP) is 3.74. The first-order valence-corrected chi connectivity index (χ1v) is 11.2. The van der Waals surface area contributed by atoms with Gasteiger partial charge in [-0.25, -0.2) is 4.79 Å².